The first kappa shape index (κ1) is 19.3. The number of sulfonamides is 1. The topological polar surface area (TPSA) is 75.7 Å². The number of carbonyl (C=O) groups excluding carboxylic acids is 1. The number of rotatable bonds is 7. The Morgan fingerprint density at radius 3 is 2.30 bits per heavy atom. The Bertz CT molecular complexity index is 643. The smallest absolute Gasteiger partial charge is 0.243 e. The van der Waals surface area contributed by atoms with Crippen LogP contribution in [0.15, 0.2) is 24.3 Å². The number of amides is 1. The lowest BCUT2D eigenvalue weighted by Crippen LogP contribution is -2.50. The minimum absolute atomic E-state index is 0.0448. The lowest BCUT2D eigenvalue weighted by Gasteiger charge is -2.30. The van der Waals surface area contributed by atoms with Gasteiger partial charge in [0, 0.05) is 12.1 Å². The molecule has 0 aliphatic rings. The zero-order chi connectivity index (χ0) is 17.8. The molecule has 1 amide bonds. The second kappa shape index (κ2) is 7.68. The quantitative estimate of drug-likeness (QED) is 0.822. The van der Waals surface area contributed by atoms with Crippen LogP contribution in [0.4, 0.5) is 5.69 Å². The molecule has 0 aliphatic carbocycles. The monoisotopic (exact) mass is 342 g/mol. The van der Waals surface area contributed by atoms with Gasteiger partial charge in [0.2, 0.25) is 15.9 Å². The molecule has 1 rings (SSSR count). The first-order valence-electron chi connectivity index (χ1n) is 7.51. The van der Waals surface area contributed by atoms with Gasteiger partial charge in [-0.2, -0.15) is 0 Å². The fourth-order valence-electron chi connectivity index (χ4n) is 2.07. The zero-order valence-electron chi connectivity index (χ0n) is 14.5. The van der Waals surface area contributed by atoms with Crippen molar-refractivity contribution < 1.29 is 17.9 Å². The Hall–Kier alpha value is -1.76. The third-order valence-electron chi connectivity index (χ3n) is 3.77. The van der Waals surface area contributed by atoms with Gasteiger partial charge < -0.3 is 10.1 Å². The highest BCUT2D eigenvalue weighted by molar-refractivity contribution is 7.92. The maximum absolute atomic E-state index is 12.4. The first-order chi connectivity index (χ1) is 10.6. The van der Waals surface area contributed by atoms with Crippen LogP contribution < -0.4 is 14.4 Å². The van der Waals surface area contributed by atoms with Crippen molar-refractivity contribution in [1.29, 1.82) is 0 Å². The number of benzene rings is 1. The summed E-state index contributed by atoms with van der Waals surface area (Å²) in [4.78, 5) is 12.4. The molecule has 0 unspecified atom stereocenters. The van der Waals surface area contributed by atoms with Gasteiger partial charge in [0.25, 0.3) is 0 Å². The van der Waals surface area contributed by atoms with E-state index in [1.54, 1.807) is 31.2 Å². The lowest BCUT2D eigenvalue weighted by atomic mass is 10.1. The molecule has 0 fully saturated rings. The lowest BCUT2D eigenvalue weighted by molar-refractivity contribution is -0.122. The Balaban J connectivity index is 3.14. The Labute approximate surface area is 138 Å². The highest BCUT2D eigenvalue weighted by Gasteiger charge is 2.30. The van der Waals surface area contributed by atoms with Gasteiger partial charge in [0.15, 0.2) is 0 Å². The fraction of sp³-hybridized carbons (Fsp3) is 0.562. The number of ether oxygens (including phenoxy) is 1. The minimum Gasteiger partial charge on any atom is -0.497 e. The van der Waals surface area contributed by atoms with Crippen LogP contribution in [0, 0.1) is 5.92 Å². The normalized spacial score (nSPS) is 14.2. The third kappa shape index (κ3) is 5.13. The van der Waals surface area contributed by atoms with Crippen LogP contribution in [0.25, 0.3) is 0 Å². The molecular weight excluding hydrogens is 316 g/mol. The van der Waals surface area contributed by atoms with Gasteiger partial charge in [-0.15, -0.1) is 0 Å². The van der Waals surface area contributed by atoms with E-state index in [0.29, 0.717) is 11.4 Å². The van der Waals surface area contributed by atoms with Gasteiger partial charge in [-0.05, 0) is 31.9 Å². The van der Waals surface area contributed by atoms with Crippen molar-refractivity contribution in [2.45, 2.75) is 39.8 Å². The summed E-state index contributed by atoms with van der Waals surface area (Å²) in [6.45, 7) is 7.45. The van der Waals surface area contributed by atoms with E-state index >= 15 is 0 Å². The average Bonchev–Trinajstić information content (AvgIpc) is 2.45. The highest BCUT2D eigenvalue weighted by atomic mass is 32.2. The van der Waals surface area contributed by atoms with Gasteiger partial charge in [0.05, 0.1) is 19.1 Å². The molecule has 2 atom stereocenters. The van der Waals surface area contributed by atoms with Crippen molar-refractivity contribution in [2.75, 3.05) is 17.7 Å². The molecule has 1 aromatic rings. The molecule has 0 radical (unpaired) electrons. The first-order valence-corrected chi connectivity index (χ1v) is 9.36. The molecule has 0 saturated carbocycles. The van der Waals surface area contributed by atoms with E-state index in [-0.39, 0.29) is 17.9 Å². The maximum Gasteiger partial charge on any atom is 0.243 e. The van der Waals surface area contributed by atoms with Gasteiger partial charge in [-0.1, -0.05) is 19.9 Å². The highest BCUT2D eigenvalue weighted by Crippen LogP contribution is 2.25. The molecule has 0 aliphatic heterocycles. The number of anilines is 1. The van der Waals surface area contributed by atoms with E-state index in [0.717, 1.165) is 10.6 Å². The summed E-state index contributed by atoms with van der Waals surface area (Å²) in [6, 6.07) is 5.73. The van der Waals surface area contributed by atoms with E-state index in [2.05, 4.69) is 5.32 Å². The molecule has 6 nitrogen and oxygen atoms in total. The van der Waals surface area contributed by atoms with Gasteiger partial charge in [-0.3, -0.25) is 9.10 Å². The van der Waals surface area contributed by atoms with Crippen LogP contribution in [0.2, 0.25) is 0 Å². The maximum atomic E-state index is 12.4. The summed E-state index contributed by atoms with van der Waals surface area (Å²) in [5.74, 6) is 0.452. The number of methoxy groups -OCH3 is 1. The fourth-order valence-corrected chi connectivity index (χ4v) is 3.23. The number of nitrogens with zero attached hydrogens (tertiary/aromatic N) is 1. The molecule has 23 heavy (non-hydrogen) atoms. The summed E-state index contributed by atoms with van der Waals surface area (Å²) in [5.41, 5.74) is 0.395. The Morgan fingerprint density at radius 1 is 1.22 bits per heavy atom. The zero-order valence-corrected chi connectivity index (χ0v) is 15.3. The summed E-state index contributed by atoms with van der Waals surface area (Å²) in [7, 11) is -2.12. The second-order valence-electron chi connectivity index (χ2n) is 5.98. The molecule has 7 heteroatoms. The predicted molar refractivity (Wildman–Crippen MR) is 92.2 cm³/mol. The molecule has 0 heterocycles. The molecule has 1 N–H and O–H groups in total. The SMILES string of the molecule is COc1cccc(N([C@H](C)C(=O)N[C@H](C)C(C)C)S(C)(=O)=O)c1. The second-order valence-corrected chi connectivity index (χ2v) is 7.84. The van der Waals surface area contributed by atoms with E-state index in [1.807, 2.05) is 20.8 Å². The van der Waals surface area contributed by atoms with Crippen molar-refractivity contribution in [3.05, 3.63) is 24.3 Å². The number of carbonyl (C=O) groups is 1. The predicted octanol–water partition coefficient (Wildman–Crippen LogP) is 2.01. The molecule has 0 bridgehead atoms. The van der Waals surface area contributed by atoms with Crippen molar-refractivity contribution in [1.82, 2.24) is 5.32 Å². The molecule has 0 spiro atoms. The van der Waals surface area contributed by atoms with E-state index < -0.39 is 16.1 Å². The van der Waals surface area contributed by atoms with Gasteiger partial charge in [0.1, 0.15) is 11.8 Å². The molecular formula is C16H26N2O4S. The van der Waals surface area contributed by atoms with Crippen LogP contribution in [-0.2, 0) is 14.8 Å². The third-order valence-corrected chi connectivity index (χ3v) is 5.01. The van der Waals surface area contributed by atoms with E-state index in [4.69, 9.17) is 4.74 Å². The van der Waals surface area contributed by atoms with E-state index in [1.165, 1.54) is 7.11 Å². The van der Waals surface area contributed by atoms with Gasteiger partial charge in [-0.25, -0.2) is 8.42 Å². The van der Waals surface area contributed by atoms with Crippen molar-refractivity contribution >= 4 is 21.6 Å². The summed E-state index contributed by atoms with van der Waals surface area (Å²) in [5, 5.41) is 2.85. The number of nitrogens with one attached hydrogen (secondary N) is 1. The summed E-state index contributed by atoms with van der Waals surface area (Å²) >= 11 is 0. The van der Waals surface area contributed by atoms with Crippen LogP contribution in [0.5, 0.6) is 5.75 Å². The Morgan fingerprint density at radius 2 is 1.83 bits per heavy atom. The Kier molecular flexibility index (Phi) is 6.44. The average molecular weight is 342 g/mol. The van der Waals surface area contributed by atoms with Crippen LogP contribution >= 0.6 is 0 Å². The number of hydrogen-bond donors (Lipinski definition) is 1. The number of hydrogen-bond acceptors (Lipinski definition) is 4. The van der Waals surface area contributed by atoms with Crippen molar-refractivity contribution in [2.24, 2.45) is 5.92 Å². The standard InChI is InChI=1S/C16H26N2O4S/c1-11(2)12(3)17-16(19)13(4)18(23(6,20)21)14-8-7-9-15(10-14)22-5/h7-13H,1-6H3,(H,17,19)/t12-,13-/m1/s1. The summed E-state index contributed by atoms with van der Waals surface area (Å²) < 4.78 is 30.6. The molecule has 0 aromatic heterocycles. The van der Waals surface area contributed by atoms with Crippen molar-refractivity contribution in [3.8, 4) is 5.75 Å². The molecule has 130 valence electrons. The van der Waals surface area contributed by atoms with E-state index in [9.17, 15) is 13.2 Å². The van der Waals surface area contributed by atoms with Crippen LogP contribution in [-0.4, -0.2) is 39.8 Å². The minimum atomic E-state index is -3.63. The molecule has 1 aromatic carbocycles. The van der Waals surface area contributed by atoms with Gasteiger partial charge >= 0.3 is 0 Å². The molecule has 0 saturated heterocycles. The van der Waals surface area contributed by atoms with Crippen LogP contribution in [0.1, 0.15) is 27.7 Å². The largest absolute Gasteiger partial charge is 0.497 e. The van der Waals surface area contributed by atoms with Crippen molar-refractivity contribution in [3.63, 3.8) is 0 Å². The summed E-state index contributed by atoms with van der Waals surface area (Å²) in [6.07, 6.45) is 1.09. The van der Waals surface area contributed by atoms with Crippen LogP contribution in [0.3, 0.4) is 0 Å².